The minimum Gasteiger partial charge on any atom is -0.362 e. The number of halogens is 1. The molecule has 19 heavy (non-hydrogen) atoms. The second-order valence-corrected chi connectivity index (χ2v) is 5.04. The van der Waals surface area contributed by atoms with Crippen molar-refractivity contribution >= 4 is 23.1 Å². The number of hydrogen-bond acceptors (Lipinski definition) is 4. The summed E-state index contributed by atoms with van der Waals surface area (Å²) in [6, 6.07) is 2.94. The van der Waals surface area contributed by atoms with Crippen molar-refractivity contribution in [1.29, 1.82) is 0 Å². The number of anilines is 1. The van der Waals surface area contributed by atoms with E-state index in [4.69, 9.17) is 11.6 Å². The predicted octanol–water partition coefficient (Wildman–Crippen LogP) is 4.41. The molecule has 0 radical (unpaired) electrons. The Morgan fingerprint density at radius 3 is 2.79 bits per heavy atom. The van der Waals surface area contributed by atoms with Gasteiger partial charge in [0.25, 0.3) is 0 Å². The molecular formula is C13H20ClN3O2. The first-order valence-corrected chi connectivity index (χ1v) is 6.99. The van der Waals surface area contributed by atoms with Crippen LogP contribution in [0.2, 0.25) is 5.15 Å². The molecule has 1 heterocycles. The first-order chi connectivity index (χ1) is 9.04. The molecule has 0 spiro atoms. The highest BCUT2D eigenvalue weighted by Gasteiger charge is 2.17. The van der Waals surface area contributed by atoms with Gasteiger partial charge in [-0.05, 0) is 19.4 Å². The Morgan fingerprint density at radius 1 is 1.42 bits per heavy atom. The number of hydrogen-bond donors (Lipinski definition) is 1. The molecule has 0 aliphatic heterocycles. The Labute approximate surface area is 118 Å². The number of nitrogens with one attached hydrogen (secondary N) is 1. The highest BCUT2D eigenvalue weighted by molar-refractivity contribution is 6.29. The van der Waals surface area contributed by atoms with Crippen LogP contribution in [-0.2, 0) is 0 Å². The Kier molecular flexibility index (Phi) is 6.56. The summed E-state index contributed by atoms with van der Waals surface area (Å²) in [5, 5.41) is 14.2. The molecule has 0 fully saturated rings. The number of unbranched alkanes of at least 4 members (excludes halogenated alkanes) is 3. The zero-order chi connectivity index (χ0) is 14.3. The van der Waals surface area contributed by atoms with Crippen LogP contribution in [0.15, 0.2) is 12.1 Å². The quantitative estimate of drug-likeness (QED) is 0.332. The van der Waals surface area contributed by atoms with Gasteiger partial charge in [-0.15, -0.1) is 0 Å². The van der Waals surface area contributed by atoms with Crippen molar-refractivity contribution in [2.75, 3.05) is 5.32 Å². The van der Waals surface area contributed by atoms with Crippen LogP contribution in [0.5, 0.6) is 0 Å². The van der Waals surface area contributed by atoms with Crippen LogP contribution in [0, 0.1) is 10.1 Å². The second-order valence-electron chi connectivity index (χ2n) is 4.65. The minimum atomic E-state index is -0.449. The maximum absolute atomic E-state index is 10.9. The number of nitrogens with zero attached hydrogens (tertiary/aromatic N) is 2. The lowest BCUT2D eigenvalue weighted by Gasteiger charge is -2.14. The highest BCUT2D eigenvalue weighted by atomic mass is 35.5. The smallest absolute Gasteiger partial charge is 0.311 e. The van der Waals surface area contributed by atoms with Crippen molar-refractivity contribution in [1.82, 2.24) is 4.98 Å². The van der Waals surface area contributed by atoms with Gasteiger partial charge >= 0.3 is 5.69 Å². The fourth-order valence-corrected chi connectivity index (χ4v) is 2.01. The molecule has 1 atom stereocenters. The highest BCUT2D eigenvalue weighted by Crippen LogP contribution is 2.25. The van der Waals surface area contributed by atoms with Gasteiger partial charge in [-0.3, -0.25) is 10.1 Å². The van der Waals surface area contributed by atoms with Gasteiger partial charge in [0.2, 0.25) is 5.82 Å². The van der Waals surface area contributed by atoms with E-state index in [2.05, 4.69) is 17.2 Å². The summed E-state index contributed by atoms with van der Waals surface area (Å²) in [4.78, 5) is 14.4. The Hall–Kier alpha value is -1.36. The molecule has 0 saturated carbocycles. The van der Waals surface area contributed by atoms with Crippen molar-refractivity contribution in [3.63, 3.8) is 0 Å². The lowest BCUT2D eigenvalue weighted by Crippen LogP contribution is -2.17. The van der Waals surface area contributed by atoms with E-state index in [9.17, 15) is 10.1 Å². The third-order valence-electron chi connectivity index (χ3n) is 2.91. The maximum atomic E-state index is 10.9. The molecule has 1 aromatic heterocycles. The normalized spacial score (nSPS) is 12.2. The van der Waals surface area contributed by atoms with Gasteiger partial charge in [-0.2, -0.15) is 0 Å². The maximum Gasteiger partial charge on any atom is 0.311 e. The van der Waals surface area contributed by atoms with Gasteiger partial charge in [-0.1, -0.05) is 44.2 Å². The monoisotopic (exact) mass is 285 g/mol. The van der Waals surface area contributed by atoms with Crippen molar-refractivity contribution < 1.29 is 4.92 Å². The average molecular weight is 286 g/mol. The van der Waals surface area contributed by atoms with Crippen LogP contribution in [0.4, 0.5) is 11.5 Å². The van der Waals surface area contributed by atoms with Crippen molar-refractivity contribution in [3.05, 3.63) is 27.4 Å². The lowest BCUT2D eigenvalue weighted by atomic mass is 10.1. The van der Waals surface area contributed by atoms with E-state index in [0.717, 1.165) is 12.8 Å². The molecule has 6 heteroatoms. The summed E-state index contributed by atoms with van der Waals surface area (Å²) in [6.07, 6.45) is 5.68. The Bertz CT molecular complexity index is 426. The third-order valence-corrected chi connectivity index (χ3v) is 3.12. The molecule has 0 aliphatic carbocycles. The summed E-state index contributed by atoms with van der Waals surface area (Å²) in [7, 11) is 0. The molecule has 106 valence electrons. The molecule has 0 aromatic carbocycles. The van der Waals surface area contributed by atoms with Crippen LogP contribution in [0.25, 0.3) is 0 Å². The first kappa shape index (κ1) is 15.7. The Balaban J connectivity index is 2.60. The van der Waals surface area contributed by atoms with Gasteiger partial charge in [0.05, 0.1) is 4.92 Å². The zero-order valence-electron chi connectivity index (χ0n) is 11.4. The van der Waals surface area contributed by atoms with Gasteiger partial charge < -0.3 is 5.32 Å². The number of pyridine rings is 1. The molecule has 0 saturated heterocycles. The Morgan fingerprint density at radius 2 is 2.16 bits per heavy atom. The van der Waals surface area contributed by atoms with Gasteiger partial charge in [0.15, 0.2) is 0 Å². The summed E-state index contributed by atoms with van der Waals surface area (Å²) in [5.41, 5.74) is -0.0372. The van der Waals surface area contributed by atoms with E-state index in [1.807, 2.05) is 6.92 Å². The molecule has 1 rings (SSSR count). The van der Waals surface area contributed by atoms with Gasteiger partial charge in [0, 0.05) is 12.1 Å². The van der Waals surface area contributed by atoms with Crippen LogP contribution >= 0.6 is 11.6 Å². The van der Waals surface area contributed by atoms with Crippen molar-refractivity contribution in [2.24, 2.45) is 0 Å². The molecule has 1 unspecified atom stereocenters. The number of nitro groups is 1. The van der Waals surface area contributed by atoms with Crippen LogP contribution in [-0.4, -0.2) is 15.9 Å². The molecule has 1 aromatic rings. The second kappa shape index (κ2) is 7.94. The molecule has 0 bridgehead atoms. The first-order valence-electron chi connectivity index (χ1n) is 6.62. The minimum absolute atomic E-state index is 0.0372. The molecule has 0 amide bonds. The topological polar surface area (TPSA) is 68.1 Å². The predicted molar refractivity (Wildman–Crippen MR) is 77.7 cm³/mol. The molecule has 1 N–H and O–H groups in total. The molecular weight excluding hydrogens is 266 g/mol. The fraction of sp³-hybridized carbons (Fsp3) is 0.615. The summed E-state index contributed by atoms with van der Waals surface area (Å²) in [6.45, 7) is 4.17. The van der Waals surface area contributed by atoms with Crippen LogP contribution in [0.3, 0.4) is 0 Å². The summed E-state index contributed by atoms with van der Waals surface area (Å²) < 4.78 is 0. The SMILES string of the molecule is CCCCCCC(C)Nc1nc(Cl)ccc1[N+](=O)[O-]. The molecule has 0 aliphatic rings. The van der Waals surface area contributed by atoms with E-state index in [0.29, 0.717) is 0 Å². The third kappa shape index (κ3) is 5.42. The average Bonchev–Trinajstić information content (AvgIpc) is 2.34. The van der Waals surface area contributed by atoms with Gasteiger partial charge in [0.1, 0.15) is 5.15 Å². The summed E-state index contributed by atoms with van der Waals surface area (Å²) >= 11 is 5.78. The number of aromatic nitrogens is 1. The van der Waals surface area contributed by atoms with E-state index in [-0.39, 0.29) is 22.7 Å². The largest absolute Gasteiger partial charge is 0.362 e. The van der Waals surface area contributed by atoms with E-state index < -0.39 is 4.92 Å². The summed E-state index contributed by atoms with van der Waals surface area (Å²) in [5.74, 6) is 0.250. The van der Waals surface area contributed by atoms with E-state index in [1.54, 1.807) is 0 Å². The zero-order valence-corrected chi connectivity index (χ0v) is 12.1. The van der Waals surface area contributed by atoms with Gasteiger partial charge in [-0.25, -0.2) is 4.98 Å². The van der Waals surface area contributed by atoms with Crippen LogP contribution < -0.4 is 5.32 Å². The van der Waals surface area contributed by atoms with Crippen molar-refractivity contribution in [2.45, 2.75) is 52.0 Å². The van der Waals surface area contributed by atoms with E-state index >= 15 is 0 Å². The number of rotatable bonds is 8. The lowest BCUT2D eigenvalue weighted by molar-refractivity contribution is -0.384. The standard InChI is InChI=1S/C13H20ClN3O2/c1-3-4-5-6-7-10(2)15-13-11(17(18)19)8-9-12(14)16-13/h8-10H,3-7H2,1-2H3,(H,15,16). The molecule has 5 nitrogen and oxygen atoms in total. The fourth-order valence-electron chi connectivity index (χ4n) is 1.86. The van der Waals surface area contributed by atoms with E-state index in [1.165, 1.54) is 31.4 Å². The van der Waals surface area contributed by atoms with Crippen LogP contribution in [0.1, 0.15) is 46.0 Å². The van der Waals surface area contributed by atoms with Crippen molar-refractivity contribution in [3.8, 4) is 0 Å².